The number of carbonyl (C=O) groups excluding carboxylic acids is 1. The van der Waals surface area contributed by atoms with Crippen LogP contribution >= 0.6 is 11.8 Å². The second kappa shape index (κ2) is 8.53. The first-order valence-corrected chi connectivity index (χ1v) is 9.86. The summed E-state index contributed by atoms with van der Waals surface area (Å²) in [7, 11) is 0. The summed E-state index contributed by atoms with van der Waals surface area (Å²) in [5.74, 6) is 5.82. The number of halogens is 1. The molecular formula is C18H24FN5OS. The molecule has 140 valence electrons. The van der Waals surface area contributed by atoms with E-state index in [-0.39, 0.29) is 28.6 Å². The van der Waals surface area contributed by atoms with E-state index in [4.69, 9.17) is 5.84 Å². The second-order valence-electron chi connectivity index (χ2n) is 6.61. The van der Waals surface area contributed by atoms with Gasteiger partial charge >= 0.3 is 0 Å². The van der Waals surface area contributed by atoms with Crippen molar-refractivity contribution in [1.29, 1.82) is 0 Å². The number of nitrogen functional groups attached to an aromatic ring is 1. The number of carbonyl (C=O) groups is 1. The Morgan fingerprint density at radius 3 is 2.65 bits per heavy atom. The fourth-order valence-electron chi connectivity index (χ4n) is 3.14. The summed E-state index contributed by atoms with van der Waals surface area (Å²) in [6, 6.07) is 6.51. The molecule has 3 N–H and O–H groups in total. The Bertz CT molecular complexity index is 758. The molecule has 0 spiro atoms. The smallest absolute Gasteiger partial charge is 0.233 e. The molecule has 0 saturated heterocycles. The number of nitrogens with one attached hydrogen (secondary N) is 1. The fourth-order valence-corrected chi connectivity index (χ4v) is 3.92. The molecule has 1 atom stereocenters. The molecule has 1 saturated carbocycles. The molecular weight excluding hydrogens is 353 g/mol. The lowest BCUT2D eigenvalue weighted by molar-refractivity contribution is -0.121. The van der Waals surface area contributed by atoms with E-state index < -0.39 is 5.82 Å². The standard InChI is InChI=1S/C18H24FN5OS/c1-12(17(25)21-13-8-4-2-3-5-9-13)26-18-23-22-16(24(18)20)14-10-6-7-11-15(14)19/h6-7,10-13H,2-5,8-9,20H2,1H3,(H,21,25)/t12-/m1/s1. The van der Waals surface area contributed by atoms with Gasteiger partial charge in [0, 0.05) is 6.04 Å². The Labute approximate surface area is 156 Å². The van der Waals surface area contributed by atoms with Crippen LogP contribution in [-0.4, -0.2) is 32.1 Å². The number of nitrogens with two attached hydrogens (primary N) is 1. The maximum atomic E-state index is 13.9. The quantitative estimate of drug-likeness (QED) is 0.475. The van der Waals surface area contributed by atoms with Crippen LogP contribution in [0.5, 0.6) is 0 Å². The summed E-state index contributed by atoms with van der Waals surface area (Å²) in [6.07, 6.45) is 6.88. The monoisotopic (exact) mass is 377 g/mol. The third-order valence-corrected chi connectivity index (χ3v) is 5.69. The predicted molar refractivity (Wildman–Crippen MR) is 101 cm³/mol. The van der Waals surface area contributed by atoms with E-state index in [1.165, 1.54) is 35.3 Å². The number of amides is 1. The van der Waals surface area contributed by atoms with Crippen LogP contribution in [0.2, 0.25) is 0 Å². The van der Waals surface area contributed by atoms with Gasteiger partial charge in [0.25, 0.3) is 0 Å². The van der Waals surface area contributed by atoms with Gasteiger partial charge in [-0.15, -0.1) is 10.2 Å². The van der Waals surface area contributed by atoms with Crippen LogP contribution in [0.25, 0.3) is 11.4 Å². The first kappa shape index (κ1) is 18.7. The Morgan fingerprint density at radius 2 is 1.96 bits per heavy atom. The van der Waals surface area contributed by atoms with Crippen molar-refractivity contribution in [2.75, 3.05) is 5.84 Å². The lowest BCUT2D eigenvalue weighted by Gasteiger charge is -2.19. The minimum atomic E-state index is -0.415. The molecule has 8 heteroatoms. The van der Waals surface area contributed by atoms with Crippen molar-refractivity contribution >= 4 is 17.7 Å². The average Bonchev–Trinajstić information content (AvgIpc) is 2.83. The molecule has 1 heterocycles. The Morgan fingerprint density at radius 1 is 1.27 bits per heavy atom. The van der Waals surface area contributed by atoms with Gasteiger partial charge < -0.3 is 11.2 Å². The summed E-state index contributed by atoms with van der Waals surface area (Å²) < 4.78 is 15.2. The second-order valence-corrected chi connectivity index (χ2v) is 7.92. The molecule has 0 radical (unpaired) electrons. The highest BCUT2D eigenvalue weighted by atomic mass is 32.2. The van der Waals surface area contributed by atoms with Crippen LogP contribution in [0, 0.1) is 5.82 Å². The molecule has 6 nitrogen and oxygen atoms in total. The zero-order valence-electron chi connectivity index (χ0n) is 14.8. The lowest BCUT2D eigenvalue weighted by Crippen LogP contribution is -2.39. The van der Waals surface area contributed by atoms with Crippen molar-refractivity contribution in [3.8, 4) is 11.4 Å². The number of thioether (sulfide) groups is 1. The van der Waals surface area contributed by atoms with E-state index in [0.29, 0.717) is 5.16 Å². The topological polar surface area (TPSA) is 85.8 Å². The number of hydrogen-bond donors (Lipinski definition) is 2. The maximum absolute atomic E-state index is 13.9. The van der Waals surface area contributed by atoms with Gasteiger partial charge in [0.05, 0.1) is 10.8 Å². The molecule has 0 aliphatic heterocycles. The maximum Gasteiger partial charge on any atom is 0.233 e. The number of rotatable bonds is 5. The molecule has 1 aromatic carbocycles. The first-order chi connectivity index (χ1) is 12.6. The van der Waals surface area contributed by atoms with Gasteiger partial charge in [-0.1, -0.05) is 49.6 Å². The van der Waals surface area contributed by atoms with Gasteiger partial charge in [-0.3, -0.25) is 4.79 Å². The van der Waals surface area contributed by atoms with E-state index in [0.717, 1.165) is 25.7 Å². The van der Waals surface area contributed by atoms with Crippen LogP contribution < -0.4 is 11.2 Å². The van der Waals surface area contributed by atoms with Crippen LogP contribution in [0.1, 0.15) is 45.4 Å². The number of hydrogen-bond acceptors (Lipinski definition) is 5. The van der Waals surface area contributed by atoms with E-state index >= 15 is 0 Å². The molecule has 1 aromatic heterocycles. The summed E-state index contributed by atoms with van der Waals surface area (Å²) in [5.41, 5.74) is 0.282. The Balaban J connectivity index is 1.65. The third kappa shape index (κ3) is 4.35. The van der Waals surface area contributed by atoms with Crippen molar-refractivity contribution in [2.45, 2.75) is 61.9 Å². The summed E-state index contributed by atoms with van der Waals surface area (Å²) >= 11 is 1.22. The molecule has 2 aromatic rings. The summed E-state index contributed by atoms with van der Waals surface area (Å²) in [5, 5.41) is 11.2. The van der Waals surface area contributed by atoms with E-state index in [9.17, 15) is 9.18 Å². The van der Waals surface area contributed by atoms with Gasteiger partial charge in [0.2, 0.25) is 11.1 Å². The number of aromatic nitrogens is 3. The predicted octanol–water partition coefficient (Wildman–Crippen LogP) is 3.12. The molecule has 1 aliphatic carbocycles. The largest absolute Gasteiger partial charge is 0.352 e. The van der Waals surface area contributed by atoms with Crippen LogP contribution in [0.4, 0.5) is 4.39 Å². The first-order valence-electron chi connectivity index (χ1n) is 8.98. The van der Waals surface area contributed by atoms with Crippen LogP contribution in [0.15, 0.2) is 29.4 Å². The normalized spacial score (nSPS) is 16.8. The van der Waals surface area contributed by atoms with Crippen molar-refractivity contribution in [3.63, 3.8) is 0 Å². The Kier molecular flexibility index (Phi) is 6.13. The van der Waals surface area contributed by atoms with E-state index in [1.54, 1.807) is 18.2 Å². The molecule has 1 aliphatic rings. The van der Waals surface area contributed by atoms with Gasteiger partial charge in [0.15, 0.2) is 5.82 Å². The van der Waals surface area contributed by atoms with Crippen molar-refractivity contribution in [3.05, 3.63) is 30.1 Å². The van der Waals surface area contributed by atoms with Gasteiger partial charge in [-0.05, 0) is 31.9 Å². The molecule has 0 unspecified atom stereocenters. The van der Waals surface area contributed by atoms with Crippen LogP contribution in [0.3, 0.4) is 0 Å². The van der Waals surface area contributed by atoms with Crippen molar-refractivity contribution in [1.82, 2.24) is 20.2 Å². The molecule has 3 rings (SSSR count). The molecule has 0 bridgehead atoms. The highest BCUT2D eigenvalue weighted by molar-refractivity contribution is 8.00. The average molecular weight is 377 g/mol. The highest BCUT2D eigenvalue weighted by Crippen LogP contribution is 2.26. The highest BCUT2D eigenvalue weighted by Gasteiger charge is 2.23. The lowest BCUT2D eigenvalue weighted by atomic mass is 10.1. The fraction of sp³-hybridized carbons (Fsp3) is 0.500. The minimum absolute atomic E-state index is 0.0302. The van der Waals surface area contributed by atoms with Gasteiger partial charge in [-0.25, -0.2) is 9.07 Å². The van der Waals surface area contributed by atoms with Crippen molar-refractivity contribution in [2.24, 2.45) is 0 Å². The van der Waals surface area contributed by atoms with E-state index in [2.05, 4.69) is 15.5 Å². The van der Waals surface area contributed by atoms with Crippen LogP contribution in [-0.2, 0) is 4.79 Å². The minimum Gasteiger partial charge on any atom is -0.352 e. The Hall–Kier alpha value is -2.09. The molecule has 1 amide bonds. The third-order valence-electron chi connectivity index (χ3n) is 4.63. The number of nitrogens with zero attached hydrogens (tertiary/aromatic N) is 3. The number of benzene rings is 1. The van der Waals surface area contributed by atoms with Gasteiger partial charge in [0.1, 0.15) is 5.82 Å². The van der Waals surface area contributed by atoms with E-state index in [1.807, 2.05) is 6.92 Å². The summed E-state index contributed by atoms with van der Waals surface area (Å²) in [4.78, 5) is 12.5. The molecule has 1 fully saturated rings. The zero-order valence-corrected chi connectivity index (χ0v) is 15.6. The zero-order chi connectivity index (χ0) is 18.5. The molecule has 26 heavy (non-hydrogen) atoms. The van der Waals surface area contributed by atoms with Gasteiger partial charge in [-0.2, -0.15) is 0 Å². The summed E-state index contributed by atoms with van der Waals surface area (Å²) in [6.45, 7) is 1.81. The SMILES string of the molecule is C[C@@H](Sc1nnc(-c2ccccc2F)n1N)C(=O)NC1CCCCCC1. The van der Waals surface area contributed by atoms with Crippen molar-refractivity contribution < 1.29 is 9.18 Å².